The molecule has 0 amide bonds. The van der Waals surface area contributed by atoms with E-state index in [1.54, 1.807) is 7.11 Å². The van der Waals surface area contributed by atoms with E-state index in [9.17, 15) is 0 Å². The second-order valence-corrected chi connectivity index (χ2v) is 8.61. The summed E-state index contributed by atoms with van der Waals surface area (Å²) in [5.74, 6) is 2.30. The standard InChI is InChI=1S/C18H14BrN5O2S2/c1-25-14-8-3-2-7-13(14)20-17-23-24-18(28-17)27-10-15-21-22-16(26-15)11-5-4-6-12(19)9-11/h2-9H,10H2,1H3,(H,20,23). The minimum atomic E-state index is 0.493. The Morgan fingerprint density at radius 2 is 2.00 bits per heavy atom. The molecule has 4 rings (SSSR count). The molecule has 0 saturated heterocycles. The number of hydrogen-bond donors (Lipinski definition) is 1. The van der Waals surface area contributed by atoms with Gasteiger partial charge >= 0.3 is 0 Å². The molecule has 0 atom stereocenters. The van der Waals surface area contributed by atoms with Gasteiger partial charge < -0.3 is 14.5 Å². The summed E-state index contributed by atoms with van der Waals surface area (Å²) in [5, 5.41) is 20.5. The van der Waals surface area contributed by atoms with Gasteiger partial charge in [0.15, 0.2) is 4.34 Å². The molecule has 28 heavy (non-hydrogen) atoms. The third-order valence-electron chi connectivity index (χ3n) is 3.61. The number of hydrogen-bond acceptors (Lipinski definition) is 9. The molecule has 4 aromatic rings. The molecule has 2 aromatic heterocycles. The van der Waals surface area contributed by atoms with Crippen molar-refractivity contribution in [3.8, 4) is 17.2 Å². The first-order chi connectivity index (χ1) is 13.7. The van der Waals surface area contributed by atoms with Crippen molar-refractivity contribution >= 4 is 49.8 Å². The first-order valence-corrected chi connectivity index (χ1v) is 10.8. The molecule has 0 aliphatic heterocycles. The van der Waals surface area contributed by atoms with Gasteiger partial charge in [-0.15, -0.1) is 20.4 Å². The zero-order chi connectivity index (χ0) is 19.3. The SMILES string of the molecule is COc1ccccc1Nc1nnc(SCc2nnc(-c3cccc(Br)c3)o2)s1. The van der Waals surface area contributed by atoms with E-state index in [1.807, 2.05) is 48.5 Å². The number of para-hydroxylation sites is 2. The van der Waals surface area contributed by atoms with Gasteiger partial charge in [-0.05, 0) is 30.3 Å². The Morgan fingerprint density at radius 1 is 1.11 bits per heavy atom. The molecule has 10 heteroatoms. The van der Waals surface area contributed by atoms with Crippen molar-refractivity contribution in [2.24, 2.45) is 0 Å². The van der Waals surface area contributed by atoms with Gasteiger partial charge in [0.1, 0.15) is 5.75 Å². The van der Waals surface area contributed by atoms with Gasteiger partial charge in [-0.2, -0.15) is 0 Å². The topological polar surface area (TPSA) is 86.0 Å². The number of aromatic nitrogens is 4. The number of rotatable bonds is 7. The normalized spacial score (nSPS) is 10.8. The van der Waals surface area contributed by atoms with E-state index in [0.717, 1.165) is 25.8 Å². The van der Waals surface area contributed by atoms with Crippen molar-refractivity contribution in [1.29, 1.82) is 0 Å². The van der Waals surface area contributed by atoms with E-state index in [1.165, 1.54) is 23.1 Å². The van der Waals surface area contributed by atoms with Crippen LogP contribution in [0.15, 0.2) is 61.8 Å². The lowest BCUT2D eigenvalue weighted by Crippen LogP contribution is -1.93. The molecule has 0 fully saturated rings. The van der Waals surface area contributed by atoms with Crippen LogP contribution in [-0.4, -0.2) is 27.5 Å². The highest BCUT2D eigenvalue weighted by Crippen LogP contribution is 2.33. The van der Waals surface area contributed by atoms with Crippen molar-refractivity contribution in [1.82, 2.24) is 20.4 Å². The molecule has 7 nitrogen and oxygen atoms in total. The van der Waals surface area contributed by atoms with Crippen LogP contribution in [0.3, 0.4) is 0 Å². The second kappa shape index (κ2) is 8.72. The largest absolute Gasteiger partial charge is 0.495 e. The minimum Gasteiger partial charge on any atom is -0.495 e. The highest BCUT2D eigenvalue weighted by Gasteiger charge is 2.12. The number of ether oxygens (including phenoxy) is 1. The van der Waals surface area contributed by atoms with E-state index in [0.29, 0.717) is 22.7 Å². The predicted molar refractivity (Wildman–Crippen MR) is 113 cm³/mol. The van der Waals surface area contributed by atoms with Gasteiger partial charge in [0.25, 0.3) is 0 Å². The fourth-order valence-corrected chi connectivity index (χ4v) is 4.36. The number of halogens is 1. The molecule has 1 N–H and O–H groups in total. The smallest absolute Gasteiger partial charge is 0.247 e. The van der Waals surface area contributed by atoms with E-state index >= 15 is 0 Å². The molecule has 0 bridgehead atoms. The van der Waals surface area contributed by atoms with Crippen LogP contribution in [0.1, 0.15) is 5.89 Å². The molecular weight excluding hydrogens is 462 g/mol. The fourth-order valence-electron chi connectivity index (χ4n) is 2.36. The first kappa shape index (κ1) is 18.9. The lowest BCUT2D eigenvalue weighted by Gasteiger charge is -2.07. The highest BCUT2D eigenvalue weighted by atomic mass is 79.9. The van der Waals surface area contributed by atoms with Crippen LogP contribution >= 0.6 is 39.0 Å². The number of benzene rings is 2. The van der Waals surface area contributed by atoms with Crippen molar-refractivity contribution in [2.45, 2.75) is 10.1 Å². The summed E-state index contributed by atoms with van der Waals surface area (Å²) in [7, 11) is 1.63. The molecule has 2 heterocycles. The number of nitrogens with one attached hydrogen (secondary N) is 1. The van der Waals surface area contributed by atoms with E-state index in [4.69, 9.17) is 9.15 Å². The quantitative estimate of drug-likeness (QED) is 0.355. The zero-order valence-corrected chi connectivity index (χ0v) is 17.8. The molecule has 0 unspecified atom stereocenters. The van der Waals surface area contributed by atoms with Crippen LogP contribution in [0.5, 0.6) is 5.75 Å². The Bertz CT molecular complexity index is 1090. The van der Waals surface area contributed by atoms with Crippen molar-refractivity contribution in [2.75, 3.05) is 12.4 Å². The molecule has 0 aliphatic rings. The maximum absolute atomic E-state index is 5.74. The average molecular weight is 476 g/mol. The van der Waals surface area contributed by atoms with Gasteiger partial charge in [0, 0.05) is 10.0 Å². The summed E-state index contributed by atoms with van der Waals surface area (Å²) in [6.07, 6.45) is 0. The molecule has 0 saturated carbocycles. The Balaban J connectivity index is 1.39. The Kier molecular flexibility index (Phi) is 5.89. The van der Waals surface area contributed by atoms with Crippen molar-refractivity contribution in [3.05, 3.63) is 58.9 Å². The fraction of sp³-hybridized carbons (Fsp3) is 0.111. The molecule has 142 valence electrons. The maximum atomic E-state index is 5.74. The van der Waals surface area contributed by atoms with Crippen LogP contribution in [0.25, 0.3) is 11.5 Å². The summed E-state index contributed by atoms with van der Waals surface area (Å²) in [6, 6.07) is 15.4. The van der Waals surface area contributed by atoms with Gasteiger partial charge in [-0.3, -0.25) is 0 Å². The number of nitrogens with zero attached hydrogens (tertiary/aromatic N) is 4. The Labute approximate surface area is 177 Å². The summed E-state index contributed by atoms with van der Waals surface area (Å²) in [6.45, 7) is 0. The van der Waals surface area contributed by atoms with E-state index in [-0.39, 0.29) is 0 Å². The zero-order valence-electron chi connectivity index (χ0n) is 14.6. The lowest BCUT2D eigenvalue weighted by atomic mass is 10.2. The van der Waals surface area contributed by atoms with Crippen LogP contribution in [0.2, 0.25) is 0 Å². The highest BCUT2D eigenvalue weighted by molar-refractivity contribution is 9.10. The molecule has 0 spiro atoms. The molecular formula is C18H14BrN5O2S2. The van der Waals surface area contributed by atoms with Gasteiger partial charge in [0.2, 0.25) is 16.9 Å². The monoisotopic (exact) mass is 475 g/mol. The lowest BCUT2D eigenvalue weighted by molar-refractivity contribution is 0.417. The third kappa shape index (κ3) is 4.51. The summed E-state index contributed by atoms with van der Waals surface area (Å²) < 4.78 is 12.8. The Hall–Kier alpha value is -2.43. The van der Waals surface area contributed by atoms with Crippen LogP contribution in [0.4, 0.5) is 10.8 Å². The summed E-state index contributed by atoms with van der Waals surface area (Å²) in [5.41, 5.74) is 1.71. The number of anilines is 2. The first-order valence-electron chi connectivity index (χ1n) is 8.16. The summed E-state index contributed by atoms with van der Waals surface area (Å²) >= 11 is 6.38. The van der Waals surface area contributed by atoms with Crippen molar-refractivity contribution in [3.63, 3.8) is 0 Å². The van der Waals surface area contributed by atoms with E-state index in [2.05, 4.69) is 41.6 Å². The Morgan fingerprint density at radius 3 is 2.86 bits per heavy atom. The predicted octanol–water partition coefficient (Wildman–Crippen LogP) is 5.40. The van der Waals surface area contributed by atoms with Gasteiger partial charge in [-0.25, -0.2) is 0 Å². The second-order valence-electron chi connectivity index (χ2n) is 5.50. The average Bonchev–Trinajstić information content (AvgIpc) is 3.36. The van der Waals surface area contributed by atoms with Crippen LogP contribution in [-0.2, 0) is 5.75 Å². The minimum absolute atomic E-state index is 0.493. The number of methoxy groups -OCH3 is 1. The molecule has 2 aromatic carbocycles. The van der Waals surface area contributed by atoms with Crippen molar-refractivity contribution < 1.29 is 9.15 Å². The number of thioether (sulfide) groups is 1. The van der Waals surface area contributed by atoms with Gasteiger partial charge in [-0.1, -0.05) is 57.2 Å². The molecule has 0 aliphatic carbocycles. The van der Waals surface area contributed by atoms with Crippen LogP contribution < -0.4 is 10.1 Å². The maximum Gasteiger partial charge on any atom is 0.247 e. The van der Waals surface area contributed by atoms with Gasteiger partial charge in [0.05, 0.1) is 18.6 Å². The summed E-state index contributed by atoms with van der Waals surface area (Å²) in [4.78, 5) is 0. The third-order valence-corrected chi connectivity index (χ3v) is 6.06. The van der Waals surface area contributed by atoms with E-state index < -0.39 is 0 Å². The molecule has 0 radical (unpaired) electrons. The van der Waals surface area contributed by atoms with Crippen LogP contribution in [0, 0.1) is 0 Å².